The maximum absolute atomic E-state index is 13.0. The number of nitrogens with zero attached hydrogens (tertiary/aromatic N) is 1. The van der Waals surface area contributed by atoms with Crippen LogP contribution in [0.3, 0.4) is 0 Å². The lowest BCUT2D eigenvalue weighted by Crippen LogP contribution is -2.40. The smallest absolute Gasteiger partial charge is 0.308 e. The number of alkyl halides is 3. The van der Waals surface area contributed by atoms with Crippen molar-refractivity contribution in [2.75, 3.05) is 18.9 Å². The molecule has 0 aliphatic carbocycles. The van der Waals surface area contributed by atoms with Crippen molar-refractivity contribution in [3.05, 3.63) is 65.7 Å². The third-order valence-electron chi connectivity index (χ3n) is 3.46. The second kappa shape index (κ2) is 8.48. The van der Waals surface area contributed by atoms with Gasteiger partial charge in [-0.2, -0.15) is 13.2 Å². The zero-order valence-electron chi connectivity index (χ0n) is 14.0. The van der Waals surface area contributed by atoms with Gasteiger partial charge in [0.1, 0.15) is 0 Å². The number of urea groups is 1. The number of hydrogen-bond acceptors (Lipinski definition) is 3. The van der Waals surface area contributed by atoms with Gasteiger partial charge in [0, 0.05) is 12.2 Å². The minimum absolute atomic E-state index is 0.0593. The number of hydrogen-bond donors (Lipinski definition) is 2. The second-order valence-electron chi connectivity index (χ2n) is 5.70. The monoisotopic (exact) mass is 365 g/mol. The minimum Gasteiger partial charge on any atom is -0.308 e. The standard InChI is InChI=1S/C18H18F3N3O2/c1-24(11-13-7-5-6-10-15(13)18(19,20)21)12-16(25)23-17(26)22-14-8-3-2-4-9-14/h2-10H,11-12H2,1H3,(H2,22,23,25,26). The van der Waals surface area contributed by atoms with Gasteiger partial charge < -0.3 is 5.32 Å². The highest BCUT2D eigenvalue weighted by molar-refractivity contribution is 6.01. The molecule has 2 rings (SSSR count). The molecule has 2 N–H and O–H groups in total. The number of halogens is 3. The van der Waals surface area contributed by atoms with Crippen molar-refractivity contribution in [3.63, 3.8) is 0 Å². The molecule has 0 spiro atoms. The first-order chi connectivity index (χ1) is 12.3. The number of rotatable bonds is 5. The second-order valence-corrected chi connectivity index (χ2v) is 5.70. The predicted molar refractivity (Wildman–Crippen MR) is 91.4 cm³/mol. The number of anilines is 1. The van der Waals surface area contributed by atoms with Gasteiger partial charge in [-0.15, -0.1) is 0 Å². The van der Waals surface area contributed by atoms with Crippen molar-refractivity contribution in [1.82, 2.24) is 10.2 Å². The van der Waals surface area contributed by atoms with Crippen LogP contribution in [0.5, 0.6) is 0 Å². The van der Waals surface area contributed by atoms with E-state index in [2.05, 4.69) is 10.6 Å². The van der Waals surface area contributed by atoms with E-state index in [9.17, 15) is 22.8 Å². The van der Waals surface area contributed by atoms with Crippen LogP contribution in [0.15, 0.2) is 54.6 Å². The third kappa shape index (κ3) is 5.89. The molecular weight excluding hydrogens is 347 g/mol. The lowest BCUT2D eigenvalue weighted by atomic mass is 10.1. The molecule has 0 saturated heterocycles. The Morgan fingerprint density at radius 3 is 2.27 bits per heavy atom. The van der Waals surface area contributed by atoms with Crippen molar-refractivity contribution in [1.29, 1.82) is 0 Å². The fraction of sp³-hybridized carbons (Fsp3) is 0.222. The molecule has 0 aliphatic heterocycles. The van der Waals surface area contributed by atoms with Crippen LogP contribution in [0.1, 0.15) is 11.1 Å². The van der Waals surface area contributed by atoms with Gasteiger partial charge in [0.15, 0.2) is 0 Å². The average molecular weight is 365 g/mol. The van der Waals surface area contributed by atoms with E-state index in [1.807, 2.05) is 0 Å². The lowest BCUT2D eigenvalue weighted by molar-refractivity contribution is -0.138. The van der Waals surface area contributed by atoms with Gasteiger partial charge in [-0.25, -0.2) is 4.79 Å². The summed E-state index contributed by atoms with van der Waals surface area (Å²) in [5.74, 6) is -0.620. The number of carbonyl (C=O) groups is 2. The van der Waals surface area contributed by atoms with E-state index >= 15 is 0 Å². The van der Waals surface area contributed by atoms with E-state index < -0.39 is 23.7 Å². The molecule has 3 amide bonds. The van der Waals surface area contributed by atoms with Crippen molar-refractivity contribution in [2.24, 2.45) is 0 Å². The van der Waals surface area contributed by atoms with Crippen LogP contribution < -0.4 is 10.6 Å². The van der Waals surface area contributed by atoms with E-state index in [0.29, 0.717) is 5.69 Å². The Bertz CT molecular complexity index is 764. The van der Waals surface area contributed by atoms with Crippen LogP contribution in [-0.4, -0.2) is 30.4 Å². The molecule has 5 nitrogen and oxygen atoms in total. The molecule has 0 radical (unpaired) electrons. The molecule has 8 heteroatoms. The summed E-state index contributed by atoms with van der Waals surface area (Å²) in [5, 5.41) is 4.62. The lowest BCUT2D eigenvalue weighted by Gasteiger charge is -2.19. The van der Waals surface area contributed by atoms with Gasteiger partial charge in [0.05, 0.1) is 12.1 Å². The number of likely N-dealkylation sites (N-methyl/N-ethyl adjacent to an activating group) is 1. The molecule has 0 unspecified atom stereocenters. The van der Waals surface area contributed by atoms with Crippen LogP contribution in [0.25, 0.3) is 0 Å². The molecule has 0 atom stereocenters. The molecule has 138 valence electrons. The first-order valence-corrected chi connectivity index (χ1v) is 7.75. The van der Waals surface area contributed by atoms with E-state index in [4.69, 9.17) is 0 Å². The third-order valence-corrected chi connectivity index (χ3v) is 3.46. The fourth-order valence-corrected chi connectivity index (χ4v) is 2.38. The normalized spacial score (nSPS) is 11.3. The zero-order chi connectivity index (χ0) is 19.2. The number of benzene rings is 2. The maximum atomic E-state index is 13.0. The van der Waals surface area contributed by atoms with Gasteiger partial charge in [-0.05, 0) is 30.8 Å². The van der Waals surface area contributed by atoms with Crippen molar-refractivity contribution < 1.29 is 22.8 Å². The van der Waals surface area contributed by atoms with Crippen LogP contribution in [0.2, 0.25) is 0 Å². The molecule has 0 bridgehead atoms. The Labute approximate surface area is 148 Å². The number of amides is 3. The van der Waals surface area contributed by atoms with Crippen molar-refractivity contribution >= 4 is 17.6 Å². The summed E-state index contributed by atoms with van der Waals surface area (Å²) in [6.07, 6.45) is -4.46. The summed E-state index contributed by atoms with van der Waals surface area (Å²) in [7, 11) is 1.50. The highest BCUT2D eigenvalue weighted by Gasteiger charge is 2.33. The molecule has 0 fully saturated rings. The highest BCUT2D eigenvalue weighted by Crippen LogP contribution is 2.32. The Morgan fingerprint density at radius 1 is 1.00 bits per heavy atom. The van der Waals surface area contributed by atoms with Gasteiger partial charge >= 0.3 is 12.2 Å². The van der Waals surface area contributed by atoms with Gasteiger partial charge in [-0.1, -0.05) is 36.4 Å². The summed E-state index contributed by atoms with van der Waals surface area (Å²) >= 11 is 0. The Balaban J connectivity index is 1.89. The largest absolute Gasteiger partial charge is 0.416 e. The van der Waals surface area contributed by atoms with E-state index in [-0.39, 0.29) is 18.7 Å². The Kier molecular flexibility index (Phi) is 6.35. The van der Waals surface area contributed by atoms with Crippen LogP contribution in [0.4, 0.5) is 23.7 Å². The fourth-order valence-electron chi connectivity index (χ4n) is 2.38. The molecule has 2 aromatic rings. The first kappa shape index (κ1) is 19.5. The van der Waals surface area contributed by atoms with Crippen LogP contribution >= 0.6 is 0 Å². The van der Waals surface area contributed by atoms with Crippen LogP contribution in [-0.2, 0) is 17.5 Å². The van der Waals surface area contributed by atoms with Crippen LogP contribution in [0, 0.1) is 0 Å². The van der Waals surface area contributed by atoms with Gasteiger partial charge in [-0.3, -0.25) is 15.0 Å². The van der Waals surface area contributed by atoms with Gasteiger partial charge in [0.25, 0.3) is 0 Å². The SMILES string of the molecule is CN(CC(=O)NC(=O)Nc1ccccc1)Cc1ccccc1C(F)(F)F. The Morgan fingerprint density at radius 2 is 1.62 bits per heavy atom. The molecule has 0 saturated carbocycles. The average Bonchev–Trinajstić information content (AvgIpc) is 2.54. The van der Waals surface area contributed by atoms with E-state index in [1.165, 1.54) is 30.1 Å². The molecule has 26 heavy (non-hydrogen) atoms. The summed E-state index contributed by atoms with van der Waals surface area (Å²) in [6.45, 7) is -0.308. The number of carbonyl (C=O) groups excluding carboxylic acids is 2. The summed E-state index contributed by atoms with van der Waals surface area (Å²) < 4.78 is 39.0. The molecular formula is C18H18F3N3O2. The molecule has 2 aromatic carbocycles. The van der Waals surface area contributed by atoms with E-state index in [0.717, 1.165) is 6.07 Å². The molecule has 0 heterocycles. The summed E-state index contributed by atoms with van der Waals surface area (Å²) in [6, 6.07) is 13.0. The number of para-hydroxylation sites is 1. The molecule has 0 aromatic heterocycles. The predicted octanol–water partition coefficient (Wildman–Crippen LogP) is 3.49. The quantitative estimate of drug-likeness (QED) is 0.853. The van der Waals surface area contributed by atoms with Crippen molar-refractivity contribution in [2.45, 2.75) is 12.7 Å². The number of imide groups is 1. The summed E-state index contributed by atoms with van der Waals surface area (Å²) in [5.41, 5.74) is -0.164. The maximum Gasteiger partial charge on any atom is 0.416 e. The zero-order valence-corrected chi connectivity index (χ0v) is 14.0. The topological polar surface area (TPSA) is 61.4 Å². The first-order valence-electron chi connectivity index (χ1n) is 7.75. The van der Waals surface area contributed by atoms with Crippen molar-refractivity contribution in [3.8, 4) is 0 Å². The van der Waals surface area contributed by atoms with E-state index in [1.54, 1.807) is 30.3 Å². The summed E-state index contributed by atoms with van der Waals surface area (Å²) in [4.78, 5) is 25.0. The van der Waals surface area contributed by atoms with Gasteiger partial charge in [0.2, 0.25) is 5.91 Å². The Hall–Kier alpha value is -2.87. The number of nitrogens with one attached hydrogen (secondary N) is 2. The minimum atomic E-state index is -4.46. The molecule has 0 aliphatic rings. The highest BCUT2D eigenvalue weighted by atomic mass is 19.4.